The number of anilines is 1. The first-order valence-corrected chi connectivity index (χ1v) is 9.71. The number of hydrogen-bond donors (Lipinski definition) is 0. The van der Waals surface area contributed by atoms with Gasteiger partial charge in [0.25, 0.3) is 0 Å². The average molecular weight is 382 g/mol. The van der Waals surface area contributed by atoms with Crippen molar-refractivity contribution in [3.63, 3.8) is 0 Å². The van der Waals surface area contributed by atoms with Crippen molar-refractivity contribution in [3.05, 3.63) is 64.7 Å². The van der Waals surface area contributed by atoms with Crippen LogP contribution in [0.2, 0.25) is 5.02 Å². The molecule has 27 heavy (non-hydrogen) atoms. The molecule has 2 atom stereocenters. The molecule has 0 aliphatic carbocycles. The number of hydrogen-bond acceptors (Lipinski definition) is 3. The number of nitrogens with zero attached hydrogens (tertiary/aromatic N) is 3. The lowest BCUT2D eigenvalue weighted by Gasteiger charge is -2.32. The van der Waals surface area contributed by atoms with Crippen molar-refractivity contribution >= 4 is 23.2 Å². The van der Waals surface area contributed by atoms with E-state index in [1.54, 1.807) is 6.07 Å². The van der Waals surface area contributed by atoms with E-state index in [4.69, 9.17) is 16.9 Å². The fraction of sp³-hybridized carbons (Fsp3) is 0.364. The van der Waals surface area contributed by atoms with Crippen molar-refractivity contribution in [2.75, 3.05) is 11.4 Å². The lowest BCUT2D eigenvalue weighted by Crippen LogP contribution is -2.39. The Kier molecular flexibility index (Phi) is 6.03. The Morgan fingerprint density at radius 2 is 2.04 bits per heavy atom. The molecule has 0 N–H and O–H groups in total. The van der Waals surface area contributed by atoms with Crippen molar-refractivity contribution in [1.82, 2.24) is 4.90 Å². The highest BCUT2D eigenvalue weighted by molar-refractivity contribution is 6.32. The van der Waals surface area contributed by atoms with Crippen molar-refractivity contribution < 1.29 is 4.79 Å². The molecular formula is C22H24ClN3O. The number of rotatable bonds is 6. The molecule has 1 unspecified atom stereocenters. The molecule has 1 amide bonds. The van der Waals surface area contributed by atoms with Crippen LogP contribution in [-0.4, -0.2) is 29.4 Å². The summed E-state index contributed by atoms with van der Waals surface area (Å²) in [5.41, 5.74) is 2.57. The SMILES string of the molecule is CCC(C)N1C[C@@H](N(Cc2ccccc2)c2ccc(C#N)c(Cl)c2)CC1=O. The summed E-state index contributed by atoms with van der Waals surface area (Å²) in [6.07, 6.45) is 1.44. The van der Waals surface area contributed by atoms with Crippen molar-refractivity contribution in [2.45, 2.75) is 45.3 Å². The third-order valence-electron chi connectivity index (χ3n) is 5.30. The van der Waals surface area contributed by atoms with Gasteiger partial charge < -0.3 is 9.80 Å². The van der Waals surface area contributed by atoms with Gasteiger partial charge in [0.15, 0.2) is 0 Å². The molecule has 1 heterocycles. The second-order valence-corrected chi connectivity index (χ2v) is 7.46. The normalized spacial score (nSPS) is 17.6. The van der Waals surface area contributed by atoms with Crippen LogP contribution in [0.4, 0.5) is 5.69 Å². The van der Waals surface area contributed by atoms with Gasteiger partial charge in [0.1, 0.15) is 6.07 Å². The third-order valence-corrected chi connectivity index (χ3v) is 5.61. The zero-order valence-electron chi connectivity index (χ0n) is 15.7. The molecule has 0 spiro atoms. The van der Waals surface area contributed by atoms with Crippen molar-refractivity contribution in [3.8, 4) is 6.07 Å². The lowest BCUT2D eigenvalue weighted by molar-refractivity contribution is -0.129. The number of carbonyl (C=O) groups is 1. The largest absolute Gasteiger partial charge is 0.362 e. The molecule has 0 bridgehead atoms. The van der Waals surface area contributed by atoms with E-state index in [1.807, 2.05) is 35.2 Å². The van der Waals surface area contributed by atoms with Gasteiger partial charge in [-0.3, -0.25) is 4.79 Å². The molecule has 0 aromatic heterocycles. The maximum Gasteiger partial charge on any atom is 0.225 e. The van der Waals surface area contributed by atoms with Gasteiger partial charge in [0, 0.05) is 31.2 Å². The van der Waals surface area contributed by atoms with Crippen LogP contribution >= 0.6 is 11.6 Å². The van der Waals surface area contributed by atoms with Crippen LogP contribution in [0.1, 0.15) is 37.8 Å². The summed E-state index contributed by atoms with van der Waals surface area (Å²) < 4.78 is 0. The predicted molar refractivity (Wildman–Crippen MR) is 109 cm³/mol. The zero-order valence-corrected chi connectivity index (χ0v) is 16.5. The van der Waals surface area contributed by atoms with Crippen LogP contribution in [-0.2, 0) is 11.3 Å². The Balaban J connectivity index is 1.92. The van der Waals surface area contributed by atoms with Crippen molar-refractivity contribution in [1.29, 1.82) is 5.26 Å². The molecule has 2 aromatic rings. The maximum absolute atomic E-state index is 12.6. The Bertz CT molecular complexity index is 846. The molecule has 140 valence electrons. The Hall–Kier alpha value is -2.51. The number of likely N-dealkylation sites (tertiary alicyclic amines) is 1. The zero-order chi connectivity index (χ0) is 19.4. The molecule has 1 aliphatic rings. The van der Waals surface area contributed by atoms with Gasteiger partial charge in [-0.1, -0.05) is 48.9 Å². The highest BCUT2D eigenvalue weighted by Crippen LogP contribution is 2.30. The molecule has 1 fully saturated rings. The van der Waals surface area contributed by atoms with Gasteiger partial charge >= 0.3 is 0 Å². The van der Waals surface area contributed by atoms with E-state index in [2.05, 4.69) is 36.9 Å². The minimum absolute atomic E-state index is 0.0794. The number of halogens is 1. The van der Waals surface area contributed by atoms with E-state index in [1.165, 1.54) is 5.56 Å². The first-order chi connectivity index (χ1) is 13.0. The van der Waals surface area contributed by atoms with Crippen LogP contribution < -0.4 is 4.90 Å². The highest BCUT2D eigenvalue weighted by atomic mass is 35.5. The van der Waals surface area contributed by atoms with Crippen LogP contribution in [0.15, 0.2) is 48.5 Å². The second-order valence-electron chi connectivity index (χ2n) is 7.05. The van der Waals surface area contributed by atoms with E-state index in [0.717, 1.165) is 12.1 Å². The smallest absolute Gasteiger partial charge is 0.225 e. The number of benzene rings is 2. The molecular weight excluding hydrogens is 358 g/mol. The number of nitriles is 1. The molecule has 0 radical (unpaired) electrons. The van der Waals surface area contributed by atoms with E-state index >= 15 is 0 Å². The van der Waals surface area contributed by atoms with E-state index in [0.29, 0.717) is 30.1 Å². The summed E-state index contributed by atoms with van der Waals surface area (Å²) in [6, 6.07) is 18.1. The predicted octanol–water partition coefficient (Wildman–Crippen LogP) is 4.62. The van der Waals surface area contributed by atoms with Crippen LogP contribution in [0.5, 0.6) is 0 Å². The minimum atomic E-state index is 0.0794. The standard InChI is InChI=1S/C22H24ClN3O/c1-3-16(2)25-15-20(12-22(25)27)26(14-17-7-5-4-6-8-17)19-10-9-18(13-24)21(23)11-19/h4-11,16,20H,3,12,14-15H2,1-2H3/t16?,20-/m0/s1. The summed E-state index contributed by atoms with van der Waals surface area (Å²) in [5, 5.41) is 9.59. The first-order valence-electron chi connectivity index (χ1n) is 9.33. The van der Waals surface area contributed by atoms with Gasteiger partial charge in [-0.25, -0.2) is 0 Å². The van der Waals surface area contributed by atoms with E-state index in [9.17, 15) is 4.79 Å². The molecule has 3 rings (SSSR count). The summed E-state index contributed by atoms with van der Waals surface area (Å²) in [7, 11) is 0. The average Bonchev–Trinajstić information content (AvgIpc) is 3.07. The summed E-state index contributed by atoms with van der Waals surface area (Å²) >= 11 is 6.29. The summed E-state index contributed by atoms with van der Waals surface area (Å²) in [6.45, 7) is 5.60. The molecule has 1 aliphatic heterocycles. The van der Waals surface area contributed by atoms with Crippen LogP contribution in [0.25, 0.3) is 0 Å². The van der Waals surface area contributed by atoms with E-state index in [-0.39, 0.29) is 18.0 Å². The summed E-state index contributed by atoms with van der Waals surface area (Å²) in [4.78, 5) is 16.8. The fourth-order valence-electron chi connectivity index (χ4n) is 3.55. The minimum Gasteiger partial charge on any atom is -0.362 e. The molecule has 0 saturated carbocycles. The van der Waals surface area contributed by atoms with Crippen molar-refractivity contribution in [2.24, 2.45) is 0 Å². The Morgan fingerprint density at radius 3 is 2.67 bits per heavy atom. The lowest BCUT2D eigenvalue weighted by atomic mass is 10.1. The fourth-order valence-corrected chi connectivity index (χ4v) is 3.77. The monoisotopic (exact) mass is 381 g/mol. The molecule has 2 aromatic carbocycles. The Labute approximate surface area is 166 Å². The maximum atomic E-state index is 12.6. The van der Waals surface area contributed by atoms with Gasteiger partial charge in [-0.2, -0.15) is 5.26 Å². The van der Waals surface area contributed by atoms with E-state index < -0.39 is 0 Å². The first kappa shape index (κ1) is 19.3. The number of carbonyl (C=O) groups excluding carboxylic acids is 1. The van der Waals surface area contributed by atoms with Gasteiger partial charge in [0.05, 0.1) is 16.6 Å². The van der Waals surface area contributed by atoms with Gasteiger partial charge in [0.2, 0.25) is 5.91 Å². The second kappa shape index (κ2) is 8.45. The molecule has 1 saturated heterocycles. The molecule has 4 nitrogen and oxygen atoms in total. The topological polar surface area (TPSA) is 47.3 Å². The van der Waals surface area contributed by atoms with Gasteiger partial charge in [-0.15, -0.1) is 0 Å². The van der Waals surface area contributed by atoms with Crippen LogP contribution in [0.3, 0.4) is 0 Å². The highest BCUT2D eigenvalue weighted by Gasteiger charge is 2.35. The summed E-state index contributed by atoms with van der Waals surface area (Å²) in [5.74, 6) is 0.201. The quantitative estimate of drug-likeness (QED) is 0.733. The Morgan fingerprint density at radius 1 is 1.30 bits per heavy atom. The third kappa shape index (κ3) is 4.26. The molecule has 5 heteroatoms. The number of amides is 1. The van der Waals surface area contributed by atoms with Crippen LogP contribution in [0, 0.1) is 11.3 Å². The van der Waals surface area contributed by atoms with Gasteiger partial charge in [-0.05, 0) is 37.1 Å².